The van der Waals surface area contributed by atoms with E-state index in [1.165, 1.54) is 0 Å². The SMILES string of the molecule is CC(=O)OC[C@@H]1O[C@@H](Oc2cc(-c3[o+]c4cc(O)cc(O)c4cc3O)cc(O)c2O)[C@H](OC(=O)c2cc(O)c(O)c(O)c2)[C@@H](O)[C@@H]1O. The lowest BCUT2D eigenvalue weighted by atomic mass is 9.98. The largest absolute Gasteiger partial charge is 0.507 e. The van der Waals surface area contributed by atoms with Gasteiger partial charge in [-0.05, 0) is 12.1 Å². The first-order valence-corrected chi connectivity index (χ1v) is 13.5. The van der Waals surface area contributed by atoms with Crippen LogP contribution >= 0.6 is 0 Å². The minimum Gasteiger partial charge on any atom is -0.507 e. The Hall–Kier alpha value is -5.91. The number of fused-ring (bicyclic) bond motifs is 1. The highest BCUT2D eigenvalue weighted by Crippen LogP contribution is 2.45. The van der Waals surface area contributed by atoms with E-state index in [1.54, 1.807) is 0 Å². The van der Waals surface area contributed by atoms with Crippen molar-refractivity contribution < 1.29 is 84.0 Å². The Morgan fingerprint density at radius 2 is 1.45 bits per heavy atom. The number of phenolic OH excluding ortho intramolecular Hbond substituents is 7. The fraction of sp³-hybridized carbons (Fsp3) is 0.233. The molecule has 17 nitrogen and oxygen atoms in total. The van der Waals surface area contributed by atoms with E-state index in [-0.39, 0.29) is 28.0 Å². The molecule has 248 valence electrons. The third kappa shape index (κ3) is 6.43. The molecule has 5 atom stereocenters. The highest BCUT2D eigenvalue weighted by molar-refractivity contribution is 5.91. The predicted octanol–water partition coefficient (Wildman–Crippen LogP) is 1.64. The fourth-order valence-corrected chi connectivity index (χ4v) is 4.71. The van der Waals surface area contributed by atoms with Gasteiger partial charge in [0.05, 0.1) is 17.2 Å². The molecule has 0 spiro atoms. The molecule has 1 aliphatic heterocycles. The van der Waals surface area contributed by atoms with Gasteiger partial charge in [-0.25, -0.2) is 9.21 Å². The molecule has 2 heterocycles. The number of hydrogen-bond acceptors (Lipinski definition) is 16. The number of carbonyl (C=O) groups is 2. The molecule has 0 aliphatic carbocycles. The second kappa shape index (κ2) is 12.5. The highest BCUT2D eigenvalue weighted by Gasteiger charge is 2.49. The second-order valence-corrected chi connectivity index (χ2v) is 10.4. The van der Waals surface area contributed by atoms with Crippen molar-refractivity contribution in [2.75, 3.05) is 6.61 Å². The summed E-state index contributed by atoms with van der Waals surface area (Å²) in [6.07, 6.45) is -9.25. The molecule has 10 N–H and O–H groups in total. The van der Waals surface area contributed by atoms with Gasteiger partial charge in [0.1, 0.15) is 41.8 Å². The molecular formula is C30H27O17+. The lowest BCUT2D eigenvalue weighted by molar-refractivity contribution is -0.277. The molecule has 1 fully saturated rings. The number of benzene rings is 3. The van der Waals surface area contributed by atoms with Gasteiger partial charge in [-0.2, -0.15) is 0 Å². The van der Waals surface area contributed by atoms with Crippen LogP contribution in [0.25, 0.3) is 22.3 Å². The van der Waals surface area contributed by atoms with Crippen LogP contribution < -0.4 is 4.74 Å². The van der Waals surface area contributed by atoms with Gasteiger partial charge < -0.3 is 70.0 Å². The summed E-state index contributed by atoms with van der Waals surface area (Å²) in [6.45, 7) is 0.448. The lowest BCUT2D eigenvalue weighted by Gasteiger charge is -2.41. The van der Waals surface area contributed by atoms with Crippen LogP contribution in [0.2, 0.25) is 0 Å². The van der Waals surface area contributed by atoms with Crippen molar-refractivity contribution in [1.29, 1.82) is 0 Å². The highest BCUT2D eigenvalue weighted by atomic mass is 16.7. The third-order valence-electron chi connectivity index (χ3n) is 7.03. The van der Waals surface area contributed by atoms with Crippen LogP contribution in [0.4, 0.5) is 0 Å². The van der Waals surface area contributed by atoms with E-state index in [0.717, 1.165) is 49.4 Å². The molecule has 1 aromatic heterocycles. The average Bonchev–Trinajstić information content (AvgIpc) is 3.00. The normalized spacial score (nSPS) is 20.9. The number of phenols is 7. The minimum atomic E-state index is -2.02. The maximum Gasteiger partial charge on any atom is 0.402 e. The molecule has 17 heteroatoms. The van der Waals surface area contributed by atoms with Crippen LogP contribution in [0.1, 0.15) is 17.3 Å². The molecule has 47 heavy (non-hydrogen) atoms. The van der Waals surface area contributed by atoms with Crippen molar-refractivity contribution in [2.45, 2.75) is 37.6 Å². The van der Waals surface area contributed by atoms with E-state index in [1.807, 2.05) is 0 Å². The smallest absolute Gasteiger partial charge is 0.402 e. The zero-order valence-electron chi connectivity index (χ0n) is 24.0. The summed E-state index contributed by atoms with van der Waals surface area (Å²) in [7, 11) is 0. The first-order chi connectivity index (χ1) is 22.1. The van der Waals surface area contributed by atoms with Gasteiger partial charge in [0.2, 0.25) is 17.8 Å². The molecule has 0 saturated carbocycles. The summed E-state index contributed by atoms with van der Waals surface area (Å²) >= 11 is 0. The molecule has 4 aromatic rings. The first kappa shape index (κ1) is 32.5. The van der Waals surface area contributed by atoms with Crippen molar-refractivity contribution in [2.24, 2.45) is 0 Å². The summed E-state index contributed by atoms with van der Waals surface area (Å²) in [5.74, 6) is -8.86. The molecule has 0 amide bonds. The van der Waals surface area contributed by atoms with E-state index in [2.05, 4.69) is 0 Å². The Bertz CT molecular complexity index is 1850. The molecule has 1 saturated heterocycles. The van der Waals surface area contributed by atoms with E-state index in [9.17, 15) is 60.7 Å². The molecular weight excluding hydrogens is 632 g/mol. The van der Waals surface area contributed by atoms with E-state index in [4.69, 9.17) is 23.4 Å². The van der Waals surface area contributed by atoms with Gasteiger partial charge in [0, 0.05) is 31.2 Å². The summed E-state index contributed by atoms with van der Waals surface area (Å²) in [5, 5.41) is 103. The molecule has 0 radical (unpaired) electrons. The molecule has 0 bridgehead atoms. The van der Waals surface area contributed by atoms with Gasteiger partial charge in [-0.15, -0.1) is 0 Å². The van der Waals surface area contributed by atoms with Crippen molar-refractivity contribution in [1.82, 2.24) is 0 Å². The van der Waals surface area contributed by atoms with Gasteiger partial charge in [-0.1, -0.05) is 0 Å². The Morgan fingerprint density at radius 3 is 2.11 bits per heavy atom. The van der Waals surface area contributed by atoms with Gasteiger partial charge >= 0.3 is 23.3 Å². The molecule has 5 rings (SSSR count). The first-order valence-electron chi connectivity index (χ1n) is 13.5. The maximum absolute atomic E-state index is 13.0. The number of aliphatic hydroxyl groups is 2. The van der Waals surface area contributed by atoms with Crippen molar-refractivity contribution in [3.05, 3.63) is 48.0 Å². The Labute approximate surface area is 262 Å². The maximum atomic E-state index is 13.0. The number of esters is 2. The third-order valence-corrected chi connectivity index (χ3v) is 7.03. The molecule has 1 aliphatic rings. The van der Waals surface area contributed by atoms with Crippen molar-refractivity contribution in [3.63, 3.8) is 0 Å². The number of ether oxygens (including phenoxy) is 4. The van der Waals surface area contributed by atoms with E-state index in [0.29, 0.717) is 0 Å². The summed E-state index contributed by atoms with van der Waals surface area (Å²) in [4.78, 5) is 24.4. The monoisotopic (exact) mass is 659 g/mol. The van der Waals surface area contributed by atoms with Crippen LogP contribution in [0, 0.1) is 0 Å². The van der Waals surface area contributed by atoms with Crippen molar-refractivity contribution in [3.8, 4) is 63.1 Å². The van der Waals surface area contributed by atoms with Crippen LogP contribution in [0.5, 0.6) is 51.7 Å². The summed E-state index contributed by atoms with van der Waals surface area (Å²) < 4.78 is 27.1. The fourth-order valence-electron chi connectivity index (χ4n) is 4.71. The summed E-state index contributed by atoms with van der Waals surface area (Å²) in [5.41, 5.74) is -0.758. The van der Waals surface area contributed by atoms with Gasteiger partial charge in [-0.3, -0.25) is 4.79 Å². The zero-order valence-corrected chi connectivity index (χ0v) is 24.0. The van der Waals surface area contributed by atoms with Gasteiger partial charge in [0.15, 0.2) is 34.9 Å². The second-order valence-electron chi connectivity index (χ2n) is 10.4. The zero-order chi connectivity index (χ0) is 34.3. The van der Waals surface area contributed by atoms with Crippen molar-refractivity contribution >= 4 is 22.9 Å². The lowest BCUT2D eigenvalue weighted by Crippen LogP contribution is -2.61. The van der Waals surface area contributed by atoms with Crippen LogP contribution in [0.3, 0.4) is 0 Å². The van der Waals surface area contributed by atoms with Crippen LogP contribution in [0.15, 0.2) is 46.9 Å². The number of aromatic hydroxyl groups is 8. The Balaban J connectivity index is 1.53. The van der Waals surface area contributed by atoms with Crippen LogP contribution in [-0.2, 0) is 19.0 Å². The predicted molar refractivity (Wildman–Crippen MR) is 153 cm³/mol. The molecule has 0 unspecified atom stereocenters. The van der Waals surface area contributed by atoms with E-state index < -0.39 is 101 Å². The quantitative estimate of drug-likeness (QED) is 0.0766. The topological polar surface area (TPSA) is 285 Å². The number of aliphatic hydroxyl groups excluding tert-OH is 2. The summed E-state index contributed by atoms with van der Waals surface area (Å²) in [6, 6.07) is 6.69. The minimum absolute atomic E-state index is 0.0189. The number of carbonyl (C=O) groups excluding carboxylic acids is 2. The Kier molecular flexibility index (Phi) is 8.62. The van der Waals surface area contributed by atoms with E-state index >= 15 is 0 Å². The van der Waals surface area contributed by atoms with Gasteiger partial charge in [0.25, 0.3) is 0 Å². The Morgan fingerprint density at radius 1 is 0.787 bits per heavy atom. The van der Waals surface area contributed by atoms with Crippen LogP contribution in [-0.4, -0.2) is 100 Å². The standard InChI is InChI=1S/C30H26O17/c1-10(31)43-9-22-25(40)26(41)28(47-29(42)12-3-16(34)23(38)17(35)4-12)30(46-22)45-21-5-11(2-18(36)24(21)39)27-19(37)8-14-15(33)6-13(32)7-20(14)44-27/h2-8,22,25-26,28,30,40-41H,9H2,1H3,(H7-,32,33,34,35,36,37,38,39,42)/p+1/t22-,25+,26-,28+,30+/m0/s1. The number of hydrogen-bond donors (Lipinski definition) is 10. The molecule has 3 aromatic carbocycles. The average molecular weight is 660 g/mol. The number of rotatable bonds is 7.